The number of nitrogens with zero attached hydrogens (tertiary/aromatic N) is 1. The Labute approximate surface area is 142 Å². The molecule has 5 heteroatoms. The lowest BCUT2D eigenvalue weighted by atomic mass is 10.1. The van der Waals surface area contributed by atoms with E-state index in [9.17, 15) is 4.79 Å². The first-order valence-corrected chi connectivity index (χ1v) is 8.41. The fourth-order valence-corrected chi connectivity index (χ4v) is 2.87. The summed E-state index contributed by atoms with van der Waals surface area (Å²) < 4.78 is 10.8. The Morgan fingerprint density at radius 1 is 1.21 bits per heavy atom. The average molecular weight is 328 g/mol. The molecule has 0 radical (unpaired) electrons. The summed E-state index contributed by atoms with van der Waals surface area (Å²) in [6.07, 6.45) is 4.05. The first-order valence-electron chi connectivity index (χ1n) is 8.41. The lowest BCUT2D eigenvalue weighted by Gasteiger charge is -2.23. The average Bonchev–Trinajstić information content (AvgIpc) is 3.41. The van der Waals surface area contributed by atoms with Gasteiger partial charge in [0.05, 0.1) is 13.7 Å². The van der Waals surface area contributed by atoms with Crippen molar-refractivity contribution in [3.8, 4) is 11.5 Å². The van der Waals surface area contributed by atoms with Gasteiger partial charge in [-0.05, 0) is 25.8 Å². The van der Waals surface area contributed by atoms with Crippen LogP contribution in [0.15, 0.2) is 41.3 Å². The third kappa shape index (κ3) is 3.97. The largest absolute Gasteiger partial charge is 0.494 e. The van der Waals surface area contributed by atoms with Gasteiger partial charge in [-0.3, -0.25) is 9.69 Å². The van der Waals surface area contributed by atoms with Crippen molar-refractivity contribution in [3.05, 3.63) is 58.0 Å². The van der Waals surface area contributed by atoms with Gasteiger partial charge in [0.2, 0.25) is 5.43 Å². The summed E-state index contributed by atoms with van der Waals surface area (Å²) in [5.74, 6) is 1.28. The van der Waals surface area contributed by atoms with Crippen LogP contribution in [-0.4, -0.2) is 29.6 Å². The summed E-state index contributed by atoms with van der Waals surface area (Å²) in [6.45, 7) is 4.18. The molecule has 3 rings (SSSR count). The highest BCUT2D eigenvalue weighted by Gasteiger charge is 2.29. The van der Waals surface area contributed by atoms with Gasteiger partial charge in [0.1, 0.15) is 5.75 Å². The second-order valence-corrected chi connectivity index (χ2v) is 6.07. The van der Waals surface area contributed by atoms with Gasteiger partial charge in [-0.1, -0.05) is 18.2 Å². The van der Waals surface area contributed by atoms with Crippen LogP contribution < -0.4 is 14.9 Å². The van der Waals surface area contributed by atoms with Crippen LogP contribution in [-0.2, 0) is 13.1 Å². The third-order valence-electron chi connectivity index (χ3n) is 4.24. The van der Waals surface area contributed by atoms with E-state index in [4.69, 9.17) is 9.47 Å². The van der Waals surface area contributed by atoms with E-state index in [1.54, 1.807) is 12.3 Å². The van der Waals surface area contributed by atoms with Crippen molar-refractivity contribution in [2.45, 2.75) is 38.9 Å². The number of nitrogens with one attached hydrogen (secondary N) is 1. The number of aromatic nitrogens is 1. The second-order valence-electron chi connectivity index (χ2n) is 6.07. The maximum absolute atomic E-state index is 12.0. The van der Waals surface area contributed by atoms with Gasteiger partial charge in [0, 0.05) is 42.7 Å². The molecule has 1 aromatic heterocycles. The number of para-hydroxylation sites is 1. The highest BCUT2D eigenvalue weighted by atomic mass is 16.5. The number of pyridine rings is 1. The number of hydrogen-bond acceptors (Lipinski definition) is 4. The molecule has 1 aromatic carbocycles. The van der Waals surface area contributed by atoms with Crippen molar-refractivity contribution in [1.82, 2.24) is 9.88 Å². The van der Waals surface area contributed by atoms with Crippen molar-refractivity contribution in [3.63, 3.8) is 0 Å². The highest BCUT2D eigenvalue weighted by molar-refractivity contribution is 5.33. The third-order valence-corrected chi connectivity index (χ3v) is 4.24. The molecule has 2 aromatic rings. The molecular formula is C19H24N2O3. The summed E-state index contributed by atoms with van der Waals surface area (Å²) in [5.41, 5.74) is 2.00. The maximum Gasteiger partial charge on any atom is 0.223 e. The predicted molar refractivity (Wildman–Crippen MR) is 93.5 cm³/mol. The van der Waals surface area contributed by atoms with Crippen molar-refractivity contribution >= 4 is 0 Å². The van der Waals surface area contributed by atoms with E-state index in [-0.39, 0.29) is 5.43 Å². The lowest BCUT2D eigenvalue weighted by Crippen LogP contribution is -2.26. The first kappa shape index (κ1) is 16.6. The second kappa shape index (κ2) is 7.53. The van der Waals surface area contributed by atoms with Crippen LogP contribution >= 0.6 is 0 Å². The van der Waals surface area contributed by atoms with Crippen molar-refractivity contribution < 1.29 is 9.47 Å². The molecule has 0 spiro atoms. The molecule has 1 aliphatic carbocycles. The SMILES string of the molecule is CCOc1ccccc1CN(Cc1cc(=O)c(OC)c[nH]1)C1CC1. The number of rotatable bonds is 8. The Kier molecular flexibility index (Phi) is 5.20. The number of ether oxygens (including phenoxy) is 2. The minimum atomic E-state index is -0.0864. The van der Waals surface area contributed by atoms with Gasteiger partial charge in [-0.25, -0.2) is 0 Å². The summed E-state index contributed by atoms with van der Waals surface area (Å²) in [5, 5.41) is 0. The molecule has 5 nitrogen and oxygen atoms in total. The molecule has 1 N–H and O–H groups in total. The van der Waals surface area contributed by atoms with Crippen LogP contribution in [0, 0.1) is 0 Å². The predicted octanol–water partition coefficient (Wildman–Crippen LogP) is 2.95. The quantitative estimate of drug-likeness (QED) is 0.809. The van der Waals surface area contributed by atoms with E-state index < -0.39 is 0 Å². The van der Waals surface area contributed by atoms with Crippen molar-refractivity contribution in [2.24, 2.45) is 0 Å². The van der Waals surface area contributed by atoms with Crippen LogP contribution in [0.25, 0.3) is 0 Å². The van der Waals surface area contributed by atoms with Crippen molar-refractivity contribution in [2.75, 3.05) is 13.7 Å². The minimum Gasteiger partial charge on any atom is -0.494 e. The smallest absolute Gasteiger partial charge is 0.223 e. The number of benzene rings is 1. The Bertz CT molecular complexity index is 737. The lowest BCUT2D eigenvalue weighted by molar-refractivity contribution is 0.236. The Morgan fingerprint density at radius 2 is 2.00 bits per heavy atom. The molecule has 1 saturated carbocycles. The zero-order valence-electron chi connectivity index (χ0n) is 14.2. The molecule has 0 aliphatic heterocycles. The molecule has 24 heavy (non-hydrogen) atoms. The van der Waals surface area contributed by atoms with Gasteiger partial charge in [0.15, 0.2) is 5.75 Å². The Balaban J connectivity index is 1.76. The molecule has 0 atom stereocenters. The molecule has 1 heterocycles. The molecule has 0 unspecified atom stereocenters. The normalized spacial score (nSPS) is 14.0. The highest BCUT2D eigenvalue weighted by Crippen LogP contribution is 2.31. The summed E-state index contributed by atoms with van der Waals surface area (Å²) in [4.78, 5) is 17.5. The molecule has 0 saturated heterocycles. The van der Waals surface area contributed by atoms with E-state index in [2.05, 4.69) is 16.0 Å². The first-order chi connectivity index (χ1) is 11.7. The van der Waals surface area contributed by atoms with Gasteiger partial charge in [-0.15, -0.1) is 0 Å². The topological polar surface area (TPSA) is 54.6 Å². The molecule has 0 bridgehead atoms. The van der Waals surface area contributed by atoms with Gasteiger partial charge < -0.3 is 14.5 Å². The van der Waals surface area contributed by atoms with Crippen LogP contribution in [0.5, 0.6) is 11.5 Å². The van der Waals surface area contributed by atoms with E-state index in [0.717, 1.165) is 18.0 Å². The fraction of sp³-hybridized carbons (Fsp3) is 0.421. The van der Waals surface area contributed by atoms with Crippen molar-refractivity contribution in [1.29, 1.82) is 0 Å². The number of hydrogen-bond donors (Lipinski definition) is 1. The molecule has 128 valence electrons. The fourth-order valence-electron chi connectivity index (χ4n) is 2.87. The minimum absolute atomic E-state index is 0.0864. The zero-order valence-corrected chi connectivity index (χ0v) is 14.2. The summed E-state index contributed by atoms with van der Waals surface area (Å²) >= 11 is 0. The monoisotopic (exact) mass is 328 g/mol. The van der Waals surface area contributed by atoms with E-state index in [1.165, 1.54) is 25.5 Å². The summed E-state index contributed by atoms with van der Waals surface area (Å²) in [6, 6.07) is 10.4. The number of aromatic amines is 1. The van der Waals surface area contributed by atoms with Crippen LogP contribution in [0.4, 0.5) is 0 Å². The van der Waals surface area contributed by atoms with Gasteiger partial charge >= 0.3 is 0 Å². The van der Waals surface area contributed by atoms with E-state index in [0.29, 0.717) is 24.9 Å². The Morgan fingerprint density at radius 3 is 2.67 bits per heavy atom. The maximum atomic E-state index is 12.0. The molecule has 1 fully saturated rings. The van der Waals surface area contributed by atoms with Gasteiger partial charge in [-0.2, -0.15) is 0 Å². The zero-order chi connectivity index (χ0) is 16.9. The van der Waals surface area contributed by atoms with E-state index >= 15 is 0 Å². The van der Waals surface area contributed by atoms with Crippen LogP contribution in [0.2, 0.25) is 0 Å². The van der Waals surface area contributed by atoms with E-state index in [1.807, 2.05) is 25.1 Å². The molecular weight excluding hydrogens is 304 g/mol. The van der Waals surface area contributed by atoms with Crippen LogP contribution in [0.1, 0.15) is 31.0 Å². The number of H-pyrrole nitrogens is 1. The molecule has 1 aliphatic rings. The van der Waals surface area contributed by atoms with Crippen LogP contribution in [0.3, 0.4) is 0 Å². The van der Waals surface area contributed by atoms with Gasteiger partial charge in [0.25, 0.3) is 0 Å². The Hall–Kier alpha value is -2.27. The standard InChI is InChI=1S/C19H24N2O3/c1-3-24-18-7-5-4-6-14(18)12-21(16-8-9-16)13-15-10-17(22)19(23-2)11-20-15/h4-7,10-11,16H,3,8-9,12-13H2,1-2H3,(H,20,22). The molecule has 0 amide bonds. The number of methoxy groups -OCH3 is 1. The summed E-state index contributed by atoms with van der Waals surface area (Å²) in [7, 11) is 1.51.